The highest BCUT2D eigenvalue weighted by atomic mass is 35.5. The Morgan fingerprint density at radius 2 is 1.73 bits per heavy atom. The van der Waals surface area contributed by atoms with Gasteiger partial charge in [0.05, 0.1) is 22.3 Å². The van der Waals surface area contributed by atoms with E-state index in [1.165, 1.54) is 18.3 Å². The van der Waals surface area contributed by atoms with Crippen LogP contribution in [0, 0.1) is 5.82 Å². The van der Waals surface area contributed by atoms with Crippen molar-refractivity contribution in [3.8, 4) is 22.8 Å². The van der Waals surface area contributed by atoms with E-state index in [1.807, 2.05) is 21.4 Å². The number of aliphatic hydroxyl groups excluding tert-OH is 1. The maximum atomic E-state index is 14.6. The van der Waals surface area contributed by atoms with Crippen LogP contribution in [0.4, 0.5) is 10.1 Å². The van der Waals surface area contributed by atoms with Crippen molar-refractivity contribution in [3.63, 3.8) is 0 Å². The number of aromatic hydroxyl groups is 2. The van der Waals surface area contributed by atoms with Gasteiger partial charge in [-0.25, -0.2) is 9.18 Å². The second kappa shape index (κ2) is 14.2. The number of anilines is 1. The summed E-state index contributed by atoms with van der Waals surface area (Å²) in [6.45, 7) is 4.11. The van der Waals surface area contributed by atoms with Crippen LogP contribution in [0.15, 0.2) is 68.7 Å². The molecule has 5 N–H and O–H groups in total. The topological polar surface area (TPSA) is 169 Å². The van der Waals surface area contributed by atoms with Crippen LogP contribution in [-0.2, 0) is 0 Å². The number of phenolic OH excluding ortho intramolecular Hbond substituents is 2. The van der Waals surface area contributed by atoms with Gasteiger partial charge in [0.15, 0.2) is 5.43 Å². The van der Waals surface area contributed by atoms with Crippen LogP contribution < -0.4 is 21.1 Å². The highest BCUT2D eigenvalue weighted by Crippen LogP contribution is 2.43. The summed E-state index contributed by atoms with van der Waals surface area (Å²) in [5.74, 6) is -2.52. The van der Waals surface area contributed by atoms with Crippen LogP contribution in [0.5, 0.6) is 11.5 Å². The lowest BCUT2D eigenvalue weighted by Gasteiger charge is -2.34. The first-order chi connectivity index (χ1) is 24.9. The summed E-state index contributed by atoms with van der Waals surface area (Å²) >= 11 is 6.25. The SMILES string of the molecule is CN1CC[C@H](c2c(O)cc(O)c3c(=O)cc(-c4ccccc4Cl)oc23)[C@H](O)C1.O=C(O)c1cn(C2CC2)c2cc(N3CCNCC3)c(F)cc2c1=O. The number of halogens is 2. The molecule has 8 rings (SSSR count). The van der Waals surface area contributed by atoms with Crippen LogP contribution in [-0.4, -0.2) is 88.3 Å². The molecule has 1 saturated carbocycles. The van der Waals surface area contributed by atoms with E-state index >= 15 is 0 Å². The Labute approximate surface area is 301 Å². The molecule has 14 heteroatoms. The van der Waals surface area contributed by atoms with Crippen molar-refractivity contribution >= 4 is 45.1 Å². The van der Waals surface area contributed by atoms with E-state index in [0.29, 0.717) is 53.4 Å². The number of phenols is 2. The first-order valence-corrected chi connectivity index (χ1v) is 17.5. The number of piperidine rings is 1. The molecule has 3 aromatic carbocycles. The van der Waals surface area contributed by atoms with E-state index in [4.69, 9.17) is 16.0 Å². The third kappa shape index (κ3) is 6.72. The van der Waals surface area contributed by atoms with Gasteiger partial charge in [0, 0.05) is 79.5 Å². The lowest BCUT2D eigenvalue weighted by atomic mass is 9.85. The van der Waals surface area contributed by atoms with Gasteiger partial charge in [-0.05, 0) is 57.1 Å². The summed E-state index contributed by atoms with van der Waals surface area (Å²) in [6, 6.07) is 12.4. The highest BCUT2D eigenvalue weighted by molar-refractivity contribution is 6.33. The molecule has 2 atom stereocenters. The minimum atomic E-state index is -1.28. The Morgan fingerprint density at radius 1 is 1.00 bits per heavy atom. The van der Waals surface area contributed by atoms with E-state index in [-0.39, 0.29) is 45.2 Å². The fraction of sp³-hybridized carbons (Fsp3) is 0.342. The van der Waals surface area contributed by atoms with Crippen molar-refractivity contribution in [2.24, 2.45) is 0 Å². The zero-order chi connectivity index (χ0) is 36.8. The number of carboxylic acids is 1. The molecule has 0 amide bonds. The molecule has 272 valence electrons. The average molecular weight is 733 g/mol. The molecule has 0 unspecified atom stereocenters. The van der Waals surface area contributed by atoms with Gasteiger partial charge in [-0.15, -0.1) is 0 Å². The molecule has 5 aromatic rings. The molecule has 3 aliphatic rings. The fourth-order valence-electron chi connectivity index (χ4n) is 7.21. The van der Waals surface area contributed by atoms with Gasteiger partial charge in [-0.1, -0.05) is 23.7 Å². The third-order valence-electron chi connectivity index (χ3n) is 10.0. The number of nitrogens with zero attached hydrogens (tertiary/aromatic N) is 3. The Hall–Kier alpha value is -4.95. The van der Waals surface area contributed by atoms with Crippen LogP contribution in [0.1, 0.15) is 47.1 Å². The van der Waals surface area contributed by atoms with Crippen molar-refractivity contribution in [2.45, 2.75) is 37.3 Å². The Kier molecular flexibility index (Phi) is 9.70. The van der Waals surface area contributed by atoms with E-state index in [2.05, 4.69) is 5.32 Å². The number of likely N-dealkylation sites (N-methyl/N-ethyl adjacent to an activating group) is 1. The monoisotopic (exact) mass is 732 g/mol. The molecular formula is C38H38ClFN4O8. The van der Waals surface area contributed by atoms with E-state index in [9.17, 15) is 39.2 Å². The van der Waals surface area contributed by atoms with Gasteiger partial charge in [-0.2, -0.15) is 0 Å². The molecule has 0 bridgehead atoms. The molecular weight excluding hydrogens is 695 g/mol. The predicted molar refractivity (Wildman–Crippen MR) is 196 cm³/mol. The number of nitrogens with one attached hydrogen (secondary N) is 1. The number of piperazine rings is 1. The number of hydrogen-bond acceptors (Lipinski definition) is 10. The molecule has 2 aromatic heterocycles. The van der Waals surface area contributed by atoms with Crippen molar-refractivity contribution in [2.75, 3.05) is 51.2 Å². The molecule has 1 aliphatic carbocycles. The number of aliphatic hydroxyl groups is 1. The Balaban J connectivity index is 0.000000164. The summed E-state index contributed by atoms with van der Waals surface area (Å²) < 4.78 is 22.4. The summed E-state index contributed by atoms with van der Waals surface area (Å²) in [5.41, 5.74) is 0.651. The molecule has 12 nitrogen and oxygen atoms in total. The van der Waals surface area contributed by atoms with Crippen LogP contribution in [0.25, 0.3) is 33.2 Å². The van der Waals surface area contributed by atoms with Crippen molar-refractivity contribution in [3.05, 3.63) is 97.1 Å². The van der Waals surface area contributed by atoms with Gasteiger partial charge in [-0.3, -0.25) is 9.59 Å². The molecule has 0 spiro atoms. The number of carboxylic acid groups (broad SMARTS) is 1. The molecule has 2 aliphatic heterocycles. The van der Waals surface area contributed by atoms with Crippen molar-refractivity contribution < 1.29 is 34.0 Å². The number of pyridine rings is 1. The first-order valence-electron chi connectivity index (χ1n) is 17.1. The molecule has 2 saturated heterocycles. The quantitative estimate of drug-likeness (QED) is 0.167. The zero-order valence-corrected chi connectivity index (χ0v) is 29.1. The predicted octanol–water partition coefficient (Wildman–Crippen LogP) is 4.89. The summed E-state index contributed by atoms with van der Waals surface area (Å²) in [5, 5.41) is 44.4. The standard InChI is InChI=1S/C21H20ClNO5.C17H18FN3O3/c1-23-7-6-12(17(27)10-23)19-14(24)8-15(25)20-16(26)9-18(28-21(19)20)11-4-2-3-5-13(11)22;18-13-7-11-14(8-15(13)20-5-3-19-4-6-20)21(10-1-2-10)9-12(16(11)22)17(23)24/h2-5,8-9,12,17,24-25,27H,6-7,10H2,1H3;7-10,19H,1-6H2,(H,23,24)/t12-,17+;/m0./s1. The van der Waals surface area contributed by atoms with E-state index in [0.717, 1.165) is 38.5 Å². The lowest BCUT2D eigenvalue weighted by Crippen LogP contribution is -2.43. The highest BCUT2D eigenvalue weighted by Gasteiger charge is 2.33. The van der Waals surface area contributed by atoms with Gasteiger partial charge < -0.3 is 44.5 Å². The second-order valence-electron chi connectivity index (χ2n) is 13.6. The minimum absolute atomic E-state index is 0.0188. The molecule has 0 radical (unpaired) electrons. The maximum Gasteiger partial charge on any atom is 0.341 e. The molecule has 3 fully saturated rings. The zero-order valence-electron chi connectivity index (χ0n) is 28.3. The number of aromatic nitrogens is 1. The number of rotatable bonds is 5. The third-order valence-corrected chi connectivity index (χ3v) is 10.4. The number of β-amino-alcohol motifs (C(OH)–C–C–N with tert-alkyl or cyclic N) is 1. The molecule has 4 heterocycles. The average Bonchev–Trinajstić information content (AvgIpc) is 3.95. The summed E-state index contributed by atoms with van der Waals surface area (Å²) in [7, 11) is 1.91. The van der Waals surface area contributed by atoms with Crippen LogP contribution >= 0.6 is 11.6 Å². The Bertz CT molecular complexity index is 2320. The maximum absolute atomic E-state index is 14.6. The smallest absolute Gasteiger partial charge is 0.341 e. The minimum Gasteiger partial charge on any atom is -0.507 e. The van der Waals surface area contributed by atoms with E-state index < -0.39 is 34.7 Å². The summed E-state index contributed by atoms with van der Waals surface area (Å²) in [4.78, 5) is 40.5. The molecule has 52 heavy (non-hydrogen) atoms. The number of likely N-dealkylation sites (tertiary alicyclic amines) is 1. The number of aromatic carboxylic acids is 1. The second-order valence-corrected chi connectivity index (χ2v) is 14.0. The summed E-state index contributed by atoms with van der Waals surface area (Å²) in [6.07, 6.45) is 3.12. The van der Waals surface area contributed by atoms with Crippen molar-refractivity contribution in [1.82, 2.24) is 14.8 Å². The van der Waals surface area contributed by atoms with Gasteiger partial charge in [0.1, 0.15) is 39.6 Å². The van der Waals surface area contributed by atoms with E-state index in [1.54, 1.807) is 30.3 Å². The number of fused-ring (bicyclic) bond motifs is 2. The van der Waals surface area contributed by atoms with Crippen molar-refractivity contribution in [1.29, 1.82) is 0 Å². The number of benzene rings is 3. The first kappa shape index (κ1) is 35.5. The number of carbonyl (C=O) groups is 1. The van der Waals surface area contributed by atoms with Gasteiger partial charge in [0.25, 0.3) is 0 Å². The fourth-order valence-corrected chi connectivity index (χ4v) is 7.44. The lowest BCUT2D eigenvalue weighted by molar-refractivity contribution is 0.0630. The van der Waals surface area contributed by atoms with Crippen LogP contribution in [0.2, 0.25) is 5.02 Å². The number of hydrogen-bond donors (Lipinski definition) is 5. The van der Waals surface area contributed by atoms with Gasteiger partial charge in [0.2, 0.25) is 5.43 Å². The Morgan fingerprint density at radius 3 is 2.40 bits per heavy atom. The normalized spacial score (nSPS) is 19.4. The largest absolute Gasteiger partial charge is 0.507 e. The van der Waals surface area contributed by atoms with Gasteiger partial charge >= 0.3 is 5.97 Å². The van der Waals surface area contributed by atoms with Crippen LogP contribution in [0.3, 0.4) is 0 Å².